The van der Waals surface area contributed by atoms with E-state index < -0.39 is 0 Å². The molecule has 1 aromatic heterocycles. The number of aromatic amines is 1. The van der Waals surface area contributed by atoms with Crippen LogP contribution in [0.4, 0.5) is 0 Å². The van der Waals surface area contributed by atoms with Crippen LogP contribution in [0.5, 0.6) is 0 Å². The summed E-state index contributed by atoms with van der Waals surface area (Å²) < 4.78 is 1.70. The number of hydrogen-bond acceptors (Lipinski definition) is 4. The van der Waals surface area contributed by atoms with Gasteiger partial charge in [-0.15, -0.1) is 0 Å². The molecule has 144 valence electrons. The van der Waals surface area contributed by atoms with E-state index in [9.17, 15) is 14.4 Å². The van der Waals surface area contributed by atoms with Gasteiger partial charge < -0.3 is 15.6 Å². The Morgan fingerprint density at radius 2 is 1.85 bits per heavy atom. The minimum Gasteiger partial charge on any atom is -0.354 e. The van der Waals surface area contributed by atoms with E-state index in [2.05, 4.69) is 15.6 Å². The second kappa shape index (κ2) is 8.94. The average molecular weight is 388 g/mol. The van der Waals surface area contributed by atoms with Gasteiger partial charge in [0.05, 0.1) is 10.9 Å². The molecule has 7 nitrogen and oxygen atoms in total. The predicted octanol–water partition coefficient (Wildman–Crippen LogP) is 1.87. The number of amides is 2. The second-order valence-corrected chi connectivity index (χ2v) is 7.19. The van der Waals surface area contributed by atoms with E-state index in [4.69, 9.17) is 12.2 Å². The quantitative estimate of drug-likeness (QED) is 0.498. The van der Waals surface area contributed by atoms with Crippen molar-refractivity contribution in [3.05, 3.63) is 39.4 Å². The fraction of sp³-hybridized carbons (Fsp3) is 0.474. The molecule has 3 rings (SSSR count). The molecular formula is C19H24N4O3S. The SMILES string of the molecule is O=C(CCn1c(=S)[nH]c2ccccc2c1=O)NCCNC(=O)C1CCCC1. The Balaban J connectivity index is 1.47. The standard InChI is InChI=1S/C19H24N4O3S/c24-16(20-10-11-21-17(25)13-5-1-2-6-13)9-12-23-18(26)14-7-3-4-8-15(14)22-19(23)27/h3-4,7-8,13H,1-2,5-6,9-12H2,(H,20,24)(H,21,25)(H,22,27). The first-order chi connectivity index (χ1) is 13.1. The molecule has 3 N–H and O–H groups in total. The maximum Gasteiger partial charge on any atom is 0.262 e. The topological polar surface area (TPSA) is 96.0 Å². The minimum atomic E-state index is -0.203. The maximum atomic E-state index is 12.5. The molecule has 0 unspecified atom stereocenters. The molecule has 1 heterocycles. The third kappa shape index (κ3) is 4.82. The van der Waals surface area contributed by atoms with Crippen molar-refractivity contribution in [3.63, 3.8) is 0 Å². The molecule has 1 saturated carbocycles. The van der Waals surface area contributed by atoms with E-state index in [1.54, 1.807) is 18.2 Å². The number of rotatable bonds is 7. The highest BCUT2D eigenvalue weighted by molar-refractivity contribution is 7.71. The fourth-order valence-corrected chi connectivity index (χ4v) is 3.71. The van der Waals surface area contributed by atoms with Crippen molar-refractivity contribution in [2.75, 3.05) is 13.1 Å². The van der Waals surface area contributed by atoms with Gasteiger partial charge in [0.25, 0.3) is 5.56 Å². The van der Waals surface area contributed by atoms with Gasteiger partial charge >= 0.3 is 0 Å². The van der Waals surface area contributed by atoms with Crippen LogP contribution in [-0.2, 0) is 16.1 Å². The van der Waals surface area contributed by atoms with Crippen molar-refractivity contribution in [2.24, 2.45) is 5.92 Å². The zero-order valence-corrected chi connectivity index (χ0v) is 15.9. The Labute approximate surface area is 162 Å². The van der Waals surface area contributed by atoms with Crippen molar-refractivity contribution >= 4 is 34.9 Å². The van der Waals surface area contributed by atoms with E-state index >= 15 is 0 Å². The Morgan fingerprint density at radius 3 is 2.63 bits per heavy atom. The molecule has 1 aliphatic carbocycles. The molecule has 0 atom stereocenters. The summed E-state index contributed by atoms with van der Waals surface area (Å²) in [5, 5.41) is 6.17. The van der Waals surface area contributed by atoms with E-state index in [0.29, 0.717) is 28.8 Å². The van der Waals surface area contributed by atoms with E-state index in [1.807, 2.05) is 6.07 Å². The Hall–Kier alpha value is -2.48. The molecule has 1 aromatic carbocycles. The molecule has 0 bridgehead atoms. The Morgan fingerprint density at radius 1 is 1.15 bits per heavy atom. The summed E-state index contributed by atoms with van der Waals surface area (Å²) in [6, 6.07) is 7.14. The first kappa shape index (κ1) is 19.3. The van der Waals surface area contributed by atoms with Crippen molar-refractivity contribution < 1.29 is 9.59 Å². The van der Waals surface area contributed by atoms with Crippen LogP contribution >= 0.6 is 12.2 Å². The van der Waals surface area contributed by atoms with Gasteiger partial charge in [0.1, 0.15) is 0 Å². The van der Waals surface area contributed by atoms with Crippen LogP contribution in [0.2, 0.25) is 0 Å². The minimum absolute atomic E-state index is 0.0794. The summed E-state index contributed by atoms with van der Waals surface area (Å²) in [7, 11) is 0. The van der Waals surface area contributed by atoms with Gasteiger partial charge in [-0.1, -0.05) is 25.0 Å². The summed E-state index contributed by atoms with van der Waals surface area (Å²) in [6.07, 6.45) is 4.29. The molecule has 0 spiro atoms. The number of hydrogen-bond donors (Lipinski definition) is 3. The molecule has 8 heteroatoms. The van der Waals surface area contributed by atoms with Crippen LogP contribution in [0, 0.1) is 10.7 Å². The zero-order valence-electron chi connectivity index (χ0n) is 15.1. The number of carbonyl (C=O) groups excluding carboxylic acids is 2. The van der Waals surface area contributed by atoms with Crippen LogP contribution in [0.3, 0.4) is 0 Å². The summed E-state index contributed by atoms with van der Waals surface area (Å²) in [4.78, 5) is 39.5. The van der Waals surface area contributed by atoms with Gasteiger partial charge in [0.2, 0.25) is 11.8 Å². The van der Waals surface area contributed by atoms with Gasteiger partial charge in [-0.3, -0.25) is 19.0 Å². The van der Waals surface area contributed by atoms with E-state index in [1.165, 1.54) is 4.57 Å². The monoisotopic (exact) mass is 388 g/mol. The number of carbonyl (C=O) groups is 2. The molecular weight excluding hydrogens is 364 g/mol. The lowest BCUT2D eigenvalue weighted by atomic mass is 10.1. The van der Waals surface area contributed by atoms with Crippen molar-refractivity contribution in [2.45, 2.75) is 38.6 Å². The van der Waals surface area contributed by atoms with Crippen LogP contribution in [-0.4, -0.2) is 34.5 Å². The number of nitrogens with one attached hydrogen (secondary N) is 3. The first-order valence-corrected chi connectivity index (χ1v) is 9.73. The highest BCUT2D eigenvalue weighted by Crippen LogP contribution is 2.24. The number of benzene rings is 1. The van der Waals surface area contributed by atoms with Gasteiger partial charge in [-0.25, -0.2) is 0 Å². The van der Waals surface area contributed by atoms with Gasteiger partial charge in [-0.2, -0.15) is 0 Å². The third-order valence-corrected chi connectivity index (χ3v) is 5.25. The van der Waals surface area contributed by atoms with Gasteiger partial charge in [0.15, 0.2) is 4.77 Å². The summed E-state index contributed by atoms with van der Waals surface area (Å²) in [5.74, 6) is 0.0255. The molecule has 2 aromatic rings. The predicted molar refractivity (Wildman–Crippen MR) is 106 cm³/mol. The highest BCUT2D eigenvalue weighted by atomic mass is 32.1. The summed E-state index contributed by atoms with van der Waals surface area (Å²) in [5.41, 5.74) is 0.484. The molecule has 1 fully saturated rings. The number of H-pyrrole nitrogens is 1. The van der Waals surface area contributed by atoms with Crippen LogP contribution in [0.25, 0.3) is 10.9 Å². The van der Waals surface area contributed by atoms with Gasteiger partial charge in [-0.05, 0) is 37.2 Å². The van der Waals surface area contributed by atoms with Crippen molar-refractivity contribution in [1.29, 1.82) is 0 Å². The largest absolute Gasteiger partial charge is 0.354 e. The average Bonchev–Trinajstić information content (AvgIpc) is 3.20. The van der Waals surface area contributed by atoms with Crippen LogP contribution in [0.1, 0.15) is 32.1 Å². The maximum absolute atomic E-state index is 12.5. The highest BCUT2D eigenvalue weighted by Gasteiger charge is 2.21. The number of fused-ring (bicyclic) bond motifs is 1. The van der Waals surface area contributed by atoms with Crippen molar-refractivity contribution in [1.82, 2.24) is 20.2 Å². The van der Waals surface area contributed by atoms with Crippen LogP contribution < -0.4 is 16.2 Å². The molecule has 2 amide bonds. The third-order valence-electron chi connectivity index (χ3n) is 4.92. The van der Waals surface area contributed by atoms with E-state index in [0.717, 1.165) is 25.7 Å². The lowest BCUT2D eigenvalue weighted by molar-refractivity contribution is -0.125. The summed E-state index contributed by atoms with van der Waals surface area (Å²) >= 11 is 5.23. The Bertz CT molecular complexity index is 944. The van der Waals surface area contributed by atoms with E-state index in [-0.39, 0.29) is 36.3 Å². The number of para-hydroxylation sites is 1. The van der Waals surface area contributed by atoms with Gasteiger partial charge in [0, 0.05) is 32.0 Å². The van der Waals surface area contributed by atoms with Crippen LogP contribution in [0.15, 0.2) is 29.1 Å². The molecule has 0 aliphatic heterocycles. The lowest BCUT2D eigenvalue weighted by Crippen LogP contribution is -2.37. The first-order valence-electron chi connectivity index (χ1n) is 9.32. The molecule has 0 radical (unpaired) electrons. The Kier molecular flexibility index (Phi) is 6.39. The summed E-state index contributed by atoms with van der Waals surface area (Å²) in [6.45, 7) is 0.993. The second-order valence-electron chi connectivity index (χ2n) is 6.80. The number of nitrogens with zero attached hydrogens (tertiary/aromatic N) is 1. The molecule has 1 aliphatic rings. The smallest absolute Gasteiger partial charge is 0.262 e. The molecule has 27 heavy (non-hydrogen) atoms. The lowest BCUT2D eigenvalue weighted by Gasteiger charge is -2.11. The number of aromatic nitrogens is 2. The zero-order chi connectivity index (χ0) is 19.2. The normalized spacial score (nSPS) is 14.4. The van der Waals surface area contributed by atoms with Crippen molar-refractivity contribution in [3.8, 4) is 0 Å². The fourth-order valence-electron chi connectivity index (χ4n) is 3.42. The molecule has 0 saturated heterocycles.